The first-order chi connectivity index (χ1) is 14.4. The SMILES string of the molecule is C=CCN1C(=O)[C@@H](CC(=O)Nc2ccc(C)cc2)SC1=Nc1ccccc1C(=O)O. The Morgan fingerprint density at radius 1 is 1.23 bits per heavy atom. The van der Waals surface area contributed by atoms with Gasteiger partial charge in [0.1, 0.15) is 5.25 Å². The predicted molar refractivity (Wildman–Crippen MR) is 118 cm³/mol. The number of carbonyl (C=O) groups excluding carboxylic acids is 2. The van der Waals surface area contributed by atoms with Gasteiger partial charge >= 0.3 is 5.97 Å². The van der Waals surface area contributed by atoms with E-state index in [0.717, 1.165) is 17.3 Å². The largest absolute Gasteiger partial charge is 0.478 e. The first-order valence-corrected chi connectivity index (χ1v) is 10.1. The van der Waals surface area contributed by atoms with Crippen molar-refractivity contribution in [1.29, 1.82) is 0 Å². The number of carboxylic acids is 1. The van der Waals surface area contributed by atoms with Crippen molar-refractivity contribution in [3.05, 3.63) is 72.3 Å². The molecule has 0 spiro atoms. The van der Waals surface area contributed by atoms with Crippen LogP contribution in [0.2, 0.25) is 0 Å². The molecule has 0 aliphatic carbocycles. The second-order valence-corrected chi connectivity index (χ2v) is 7.85. The van der Waals surface area contributed by atoms with E-state index < -0.39 is 11.2 Å². The van der Waals surface area contributed by atoms with Crippen molar-refractivity contribution >= 4 is 46.1 Å². The van der Waals surface area contributed by atoms with Gasteiger partial charge in [-0.1, -0.05) is 47.7 Å². The monoisotopic (exact) mass is 423 g/mol. The van der Waals surface area contributed by atoms with Gasteiger partial charge in [0.2, 0.25) is 11.8 Å². The molecule has 30 heavy (non-hydrogen) atoms. The molecule has 1 atom stereocenters. The Hall–Kier alpha value is -3.39. The van der Waals surface area contributed by atoms with Crippen molar-refractivity contribution in [1.82, 2.24) is 4.90 Å². The number of hydrogen-bond acceptors (Lipinski definition) is 5. The fraction of sp³-hybridized carbons (Fsp3) is 0.182. The summed E-state index contributed by atoms with van der Waals surface area (Å²) < 4.78 is 0. The molecule has 1 heterocycles. The highest BCUT2D eigenvalue weighted by molar-refractivity contribution is 8.15. The first-order valence-electron chi connectivity index (χ1n) is 9.25. The van der Waals surface area contributed by atoms with Gasteiger partial charge in [-0.3, -0.25) is 14.5 Å². The molecule has 1 fully saturated rings. The maximum atomic E-state index is 12.8. The van der Waals surface area contributed by atoms with Crippen LogP contribution in [0.15, 0.2) is 66.2 Å². The summed E-state index contributed by atoms with van der Waals surface area (Å²) in [5.41, 5.74) is 2.03. The van der Waals surface area contributed by atoms with Crippen LogP contribution in [0.25, 0.3) is 0 Å². The zero-order valence-corrected chi connectivity index (χ0v) is 17.2. The lowest BCUT2D eigenvalue weighted by atomic mass is 10.2. The zero-order valence-electron chi connectivity index (χ0n) is 16.4. The molecular weight excluding hydrogens is 402 g/mol. The lowest BCUT2D eigenvalue weighted by Crippen LogP contribution is -2.33. The van der Waals surface area contributed by atoms with Crippen LogP contribution in [0.1, 0.15) is 22.3 Å². The normalized spacial score (nSPS) is 17.2. The Balaban J connectivity index is 1.79. The number of carboxylic acid groups (broad SMARTS) is 1. The maximum absolute atomic E-state index is 12.8. The van der Waals surface area contributed by atoms with E-state index in [4.69, 9.17) is 0 Å². The highest BCUT2D eigenvalue weighted by Crippen LogP contribution is 2.32. The van der Waals surface area contributed by atoms with Gasteiger partial charge in [-0.15, -0.1) is 6.58 Å². The predicted octanol–water partition coefficient (Wildman–Crippen LogP) is 3.84. The number of nitrogens with one attached hydrogen (secondary N) is 1. The summed E-state index contributed by atoms with van der Waals surface area (Å²) in [6.45, 7) is 5.84. The Morgan fingerprint density at radius 3 is 2.60 bits per heavy atom. The minimum absolute atomic E-state index is 0.0232. The molecule has 2 N–H and O–H groups in total. The smallest absolute Gasteiger partial charge is 0.337 e. The van der Waals surface area contributed by atoms with Crippen LogP contribution >= 0.6 is 11.8 Å². The summed E-state index contributed by atoms with van der Waals surface area (Å²) >= 11 is 1.15. The van der Waals surface area contributed by atoms with Crippen LogP contribution in [0, 0.1) is 6.92 Å². The van der Waals surface area contributed by atoms with Crippen molar-refractivity contribution in [3.63, 3.8) is 0 Å². The summed E-state index contributed by atoms with van der Waals surface area (Å²) in [5.74, 6) is -1.64. The number of aryl methyl sites for hydroxylation is 1. The van der Waals surface area contributed by atoms with Crippen LogP contribution in [0.3, 0.4) is 0 Å². The number of amidine groups is 1. The minimum atomic E-state index is -1.10. The molecule has 154 valence electrons. The fourth-order valence-electron chi connectivity index (χ4n) is 2.89. The van der Waals surface area contributed by atoms with Gasteiger partial charge in [0.25, 0.3) is 0 Å². The summed E-state index contributed by atoms with van der Waals surface area (Å²) in [4.78, 5) is 42.5. The molecule has 0 unspecified atom stereocenters. The number of carbonyl (C=O) groups is 3. The van der Waals surface area contributed by atoms with Crippen LogP contribution in [-0.4, -0.2) is 44.8 Å². The number of rotatable bonds is 7. The van der Waals surface area contributed by atoms with Crippen molar-refractivity contribution < 1.29 is 19.5 Å². The van der Waals surface area contributed by atoms with E-state index >= 15 is 0 Å². The van der Waals surface area contributed by atoms with E-state index in [1.54, 1.807) is 36.4 Å². The Morgan fingerprint density at radius 2 is 1.93 bits per heavy atom. The lowest BCUT2D eigenvalue weighted by Gasteiger charge is -2.14. The number of thioether (sulfide) groups is 1. The van der Waals surface area contributed by atoms with E-state index in [1.165, 1.54) is 11.0 Å². The van der Waals surface area contributed by atoms with Crippen LogP contribution < -0.4 is 5.32 Å². The summed E-state index contributed by atoms with van der Waals surface area (Å²) in [7, 11) is 0. The number of anilines is 1. The fourth-order valence-corrected chi connectivity index (χ4v) is 4.05. The van der Waals surface area contributed by atoms with Gasteiger partial charge in [-0.25, -0.2) is 9.79 Å². The third kappa shape index (κ3) is 4.96. The van der Waals surface area contributed by atoms with Crippen molar-refractivity contribution in [2.45, 2.75) is 18.6 Å². The Labute approximate surface area is 178 Å². The molecule has 1 saturated heterocycles. The van der Waals surface area contributed by atoms with E-state index in [9.17, 15) is 19.5 Å². The molecule has 2 aromatic carbocycles. The topological polar surface area (TPSA) is 99.1 Å². The van der Waals surface area contributed by atoms with Crippen LogP contribution in [-0.2, 0) is 9.59 Å². The molecule has 1 aliphatic heterocycles. The standard InChI is InChI=1S/C22H21N3O4S/c1-3-12-25-20(27)18(13-19(26)23-15-10-8-14(2)9-11-15)30-22(25)24-17-7-5-4-6-16(17)21(28)29/h3-11,18H,1,12-13H2,2H3,(H,23,26)(H,28,29)/t18-/m1/s1. The molecule has 2 amide bonds. The van der Waals surface area contributed by atoms with Gasteiger partial charge < -0.3 is 10.4 Å². The third-order valence-electron chi connectivity index (χ3n) is 4.39. The lowest BCUT2D eigenvalue weighted by molar-refractivity contribution is -0.127. The van der Waals surface area contributed by atoms with Crippen LogP contribution in [0.5, 0.6) is 0 Å². The molecule has 1 aliphatic rings. The van der Waals surface area contributed by atoms with E-state index in [1.807, 2.05) is 19.1 Å². The average molecular weight is 423 g/mol. The third-order valence-corrected chi connectivity index (χ3v) is 5.56. The molecule has 0 radical (unpaired) electrons. The molecule has 2 aromatic rings. The highest BCUT2D eigenvalue weighted by Gasteiger charge is 2.38. The van der Waals surface area contributed by atoms with Gasteiger partial charge in [0.15, 0.2) is 5.17 Å². The number of aromatic carboxylic acids is 1. The van der Waals surface area contributed by atoms with Crippen LogP contribution in [0.4, 0.5) is 11.4 Å². The molecule has 8 heteroatoms. The number of aliphatic imine (C=N–C) groups is 1. The van der Waals surface area contributed by atoms with Crippen molar-refractivity contribution in [3.8, 4) is 0 Å². The van der Waals surface area contributed by atoms with E-state index in [0.29, 0.717) is 10.9 Å². The summed E-state index contributed by atoms with van der Waals surface area (Å²) in [6, 6.07) is 13.7. The number of benzene rings is 2. The highest BCUT2D eigenvalue weighted by atomic mass is 32.2. The number of nitrogens with zero attached hydrogens (tertiary/aromatic N) is 2. The zero-order chi connectivity index (χ0) is 21.7. The molecule has 3 rings (SSSR count). The maximum Gasteiger partial charge on any atom is 0.337 e. The Bertz CT molecular complexity index is 1020. The second-order valence-electron chi connectivity index (χ2n) is 6.68. The molecular formula is C22H21N3O4S. The second kappa shape index (κ2) is 9.41. The summed E-state index contributed by atoms with van der Waals surface area (Å²) in [5, 5.41) is 11.9. The van der Waals surface area contributed by atoms with Gasteiger partial charge in [-0.2, -0.15) is 0 Å². The average Bonchev–Trinajstić information content (AvgIpc) is 2.99. The number of para-hydroxylation sites is 1. The quantitative estimate of drug-likeness (QED) is 0.659. The molecule has 0 bridgehead atoms. The number of amides is 2. The first kappa shape index (κ1) is 21.3. The molecule has 7 nitrogen and oxygen atoms in total. The number of hydrogen-bond donors (Lipinski definition) is 2. The van der Waals surface area contributed by atoms with Crippen molar-refractivity contribution in [2.75, 3.05) is 11.9 Å². The Kier molecular flexibility index (Phi) is 6.68. The minimum Gasteiger partial charge on any atom is -0.478 e. The van der Waals surface area contributed by atoms with Gasteiger partial charge in [-0.05, 0) is 31.2 Å². The van der Waals surface area contributed by atoms with Crippen molar-refractivity contribution in [2.24, 2.45) is 4.99 Å². The molecule has 0 saturated carbocycles. The molecule has 0 aromatic heterocycles. The van der Waals surface area contributed by atoms with Gasteiger partial charge in [0, 0.05) is 18.7 Å². The van der Waals surface area contributed by atoms with E-state index in [2.05, 4.69) is 16.9 Å². The van der Waals surface area contributed by atoms with Gasteiger partial charge in [0.05, 0.1) is 11.3 Å². The van der Waals surface area contributed by atoms with E-state index in [-0.39, 0.29) is 36.0 Å². The summed E-state index contributed by atoms with van der Waals surface area (Å²) in [6.07, 6.45) is 1.54.